The van der Waals surface area contributed by atoms with E-state index in [0.29, 0.717) is 0 Å². The average Bonchev–Trinajstić information content (AvgIpc) is 4.29. The van der Waals surface area contributed by atoms with Crippen molar-refractivity contribution in [2.45, 2.75) is 30.6 Å². The SMILES string of the molecule is CCCC1C(C#N)=CC23c4c5c6c7c8c9c(c%10c%11c2c2c4c4c%12c5c5c6c6c8c8c%13c9c9c%10c%10c%11c%11c2c2c4c4c%12c%12c5c5c6c8c6c8c%13c9c9c%10c%10c%11c2c2c4c4c%12c5c6c5c8c9c%10c2c45)C713. The first-order valence-electron chi connectivity index (χ1n) is 25.7. The molecule has 0 heterocycles. The topological polar surface area (TPSA) is 23.8 Å². The molecule has 28 aromatic rings. The van der Waals surface area contributed by atoms with Gasteiger partial charge < -0.3 is 0 Å². The van der Waals surface area contributed by atoms with Gasteiger partial charge in [-0.15, -0.1) is 0 Å². The Kier molecular flexibility index (Phi) is 2.04. The smallest absolute Gasteiger partial charge is 0.0947 e. The van der Waals surface area contributed by atoms with Crippen LogP contribution >= 0.6 is 0 Å². The number of allylic oxidation sites excluding steroid dienone is 2. The Balaban J connectivity index is 1.24. The minimum Gasteiger partial charge on any atom is -0.193 e. The summed E-state index contributed by atoms with van der Waals surface area (Å²) in [6, 6.07) is 3.11. The Morgan fingerprint density at radius 3 is 0.647 bits per heavy atom. The molecule has 0 fully saturated rings. The maximum Gasteiger partial charge on any atom is 0.0947 e. The molecule has 0 aliphatic heterocycles. The molecule has 5 aliphatic rings. The molecule has 1 nitrogen and oxygen atoms in total. The molecule has 2 spiro atoms. The first-order chi connectivity index (χ1) is 33.9. The summed E-state index contributed by atoms with van der Waals surface area (Å²) < 4.78 is 0. The highest BCUT2D eigenvalue weighted by Gasteiger charge is 2.73. The van der Waals surface area contributed by atoms with Gasteiger partial charge in [-0.3, -0.25) is 0 Å². The second-order valence-electron chi connectivity index (χ2n) is 25.4. The molecule has 0 N–H and O–H groups in total. The second kappa shape index (κ2) is 5.54. The third-order valence-corrected chi connectivity index (χ3v) is 25.4. The van der Waals surface area contributed by atoms with Gasteiger partial charge in [0.2, 0.25) is 0 Å². The third-order valence-electron chi connectivity index (χ3n) is 25.4. The number of nitrogens with zero attached hydrogens (tertiary/aromatic N) is 1. The molecule has 0 amide bonds. The van der Waals surface area contributed by atoms with Crippen molar-refractivity contribution in [1.29, 1.82) is 5.26 Å². The zero-order chi connectivity index (χ0) is 40.5. The van der Waals surface area contributed by atoms with Crippen LogP contribution in [0.4, 0.5) is 0 Å². The molecule has 1 atom stereocenters. The third kappa shape index (κ3) is 1.25. The summed E-state index contributed by atoms with van der Waals surface area (Å²) in [6.45, 7) is 2.42. The van der Waals surface area contributed by atoms with Crippen LogP contribution in [0, 0.1) is 17.2 Å². The van der Waals surface area contributed by atoms with E-state index in [1.807, 2.05) is 0 Å². The van der Waals surface area contributed by atoms with Crippen molar-refractivity contribution in [3.05, 3.63) is 33.9 Å². The molecule has 0 radical (unpaired) electrons. The van der Waals surface area contributed by atoms with Crippen LogP contribution in [0.5, 0.6) is 0 Å². The Hall–Kier alpha value is -8.31. The normalized spacial score (nSPS) is 23.8. The fourth-order valence-electron chi connectivity index (χ4n) is 25.6. The monoisotopic (exact) mass is 827 g/mol. The molecule has 1 unspecified atom stereocenters. The molecule has 33 rings (SSSR count). The molecule has 0 aromatic heterocycles. The summed E-state index contributed by atoms with van der Waals surface area (Å²) in [7, 11) is 0. The molecule has 5 aliphatic carbocycles. The van der Waals surface area contributed by atoms with Crippen molar-refractivity contribution in [2.24, 2.45) is 5.92 Å². The van der Waals surface area contributed by atoms with Gasteiger partial charge in [-0.25, -0.2) is 0 Å². The van der Waals surface area contributed by atoms with Gasteiger partial charge in [0.1, 0.15) is 0 Å². The number of nitriles is 1. The lowest BCUT2D eigenvalue weighted by Gasteiger charge is -2.53. The quantitative estimate of drug-likeness (QED) is 0.159. The van der Waals surface area contributed by atoms with Crippen LogP contribution in [0.15, 0.2) is 11.6 Å². The maximum atomic E-state index is 11.9. The van der Waals surface area contributed by atoms with E-state index in [9.17, 15) is 5.26 Å². The van der Waals surface area contributed by atoms with E-state index in [1.54, 1.807) is 313 Å². The predicted octanol–water partition coefficient (Wildman–Crippen LogP) is 18.2. The maximum absolute atomic E-state index is 11.9. The Labute approximate surface area is 370 Å². The molecular formula is C67H9N. The van der Waals surface area contributed by atoms with Crippen molar-refractivity contribution >= 4 is 291 Å². The van der Waals surface area contributed by atoms with Crippen molar-refractivity contribution in [3.8, 4) is 6.07 Å². The molecular weight excluding hydrogens is 819 g/mol. The average molecular weight is 828 g/mol. The van der Waals surface area contributed by atoms with E-state index in [4.69, 9.17) is 0 Å². The molecule has 1 heteroatoms. The molecule has 282 valence electrons. The van der Waals surface area contributed by atoms with Crippen molar-refractivity contribution in [3.63, 3.8) is 0 Å². The summed E-state index contributed by atoms with van der Waals surface area (Å²) in [5, 5.41) is 100. The second-order valence-corrected chi connectivity index (χ2v) is 25.4. The van der Waals surface area contributed by atoms with E-state index in [2.05, 4.69) is 19.1 Å². The molecule has 68 heavy (non-hydrogen) atoms. The fourth-order valence-corrected chi connectivity index (χ4v) is 25.6. The van der Waals surface area contributed by atoms with Gasteiger partial charge in [0.15, 0.2) is 0 Å². The minimum absolute atomic E-state index is 0.119. The van der Waals surface area contributed by atoms with Gasteiger partial charge in [-0.1, -0.05) is 19.4 Å². The Morgan fingerprint density at radius 1 is 0.294 bits per heavy atom. The Morgan fingerprint density at radius 2 is 0.471 bits per heavy atom. The van der Waals surface area contributed by atoms with Crippen molar-refractivity contribution in [2.75, 3.05) is 0 Å². The number of benzene rings is 18. The summed E-state index contributed by atoms with van der Waals surface area (Å²) in [4.78, 5) is 0. The van der Waals surface area contributed by atoms with Crippen molar-refractivity contribution < 1.29 is 0 Å². The van der Waals surface area contributed by atoms with Gasteiger partial charge >= 0.3 is 0 Å². The summed E-state index contributed by atoms with van der Waals surface area (Å²) >= 11 is 0. The minimum atomic E-state index is -0.441. The van der Waals surface area contributed by atoms with E-state index in [-0.39, 0.29) is 11.3 Å². The van der Waals surface area contributed by atoms with Crippen LogP contribution < -0.4 is 0 Å². The molecule has 0 saturated carbocycles. The number of rotatable bonds is 2. The summed E-state index contributed by atoms with van der Waals surface area (Å²) in [5.41, 5.74) is 6.95. The van der Waals surface area contributed by atoms with Crippen molar-refractivity contribution in [1.82, 2.24) is 0 Å². The lowest BCUT2D eigenvalue weighted by atomic mass is 9.47. The highest BCUT2D eigenvalue weighted by atomic mass is 14.7. The Bertz CT molecular complexity index is 7040. The number of hydrogen-bond donors (Lipinski definition) is 0. The first-order valence-corrected chi connectivity index (χ1v) is 25.7. The van der Waals surface area contributed by atoms with Gasteiger partial charge in [0, 0.05) is 16.9 Å². The van der Waals surface area contributed by atoms with Crippen LogP contribution in [0.3, 0.4) is 0 Å². The highest BCUT2D eigenvalue weighted by Crippen LogP contribution is 2.86. The van der Waals surface area contributed by atoms with E-state index in [0.717, 1.165) is 18.4 Å². The standard InChI is InChI=1S/C67H9N/c1-2-3-7-6(5-68)4-66-62-54-46-36-26-18-10-8-9-12-16-14(10)22-30-24(16)34-28-20(12)21-13(9)17-15-11(8)19(18)27-33-23(15)31-25(17)35-29(21)39-38(28)50-44(34)52-42(30)48(40(46)32(22)26)56(62)58(52)64-60(50)61-51(39)45(35)53-43(31)49-41(33)47(37(27)36)55(54)63(66)57(49)59(53)65(61)67(7,64)66/h4,7H,2-3H2,1H3. The molecule has 0 saturated heterocycles. The summed E-state index contributed by atoms with van der Waals surface area (Å²) in [6.07, 6.45) is 4.85. The fraction of sp³-hybridized carbons (Fsp3) is 0.0896. The zero-order valence-corrected chi connectivity index (χ0v) is 35.0. The highest BCUT2D eigenvalue weighted by molar-refractivity contribution is 6.82. The van der Waals surface area contributed by atoms with Crippen LogP contribution in [0.2, 0.25) is 0 Å². The molecule has 28 aromatic carbocycles. The number of hydrogen-bond acceptors (Lipinski definition) is 1. The lowest BCUT2D eigenvalue weighted by Crippen LogP contribution is -2.52. The van der Waals surface area contributed by atoms with Gasteiger partial charge in [-0.2, -0.15) is 5.26 Å². The lowest BCUT2D eigenvalue weighted by molar-refractivity contribution is 0.305. The largest absolute Gasteiger partial charge is 0.193 e. The van der Waals surface area contributed by atoms with Gasteiger partial charge in [-0.05, 0) is 320 Å². The van der Waals surface area contributed by atoms with Crippen LogP contribution in [-0.2, 0) is 10.8 Å². The first kappa shape index (κ1) is 25.0. The summed E-state index contributed by atoms with van der Waals surface area (Å²) in [5.74, 6) is 0.119. The van der Waals surface area contributed by atoms with E-state index >= 15 is 0 Å². The zero-order valence-electron chi connectivity index (χ0n) is 35.0. The predicted molar refractivity (Wildman–Crippen MR) is 286 cm³/mol. The van der Waals surface area contributed by atoms with E-state index in [1.165, 1.54) is 0 Å². The van der Waals surface area contributed by atoms with Crippen LogP contribution in [0.25, 0.3) is 291 Å². The van der Waals surface area contributed by atoms with Crippen LogP contribution in [0.1, 0.15) is 42.0 Å². The molecule has 0 bridgehead atoms. The van der Waals surface area contributed by atoms with Gasteiger partial charge in [0.25, 0.3) is 0 Å². The van der Waals surface area contributed by atoms with Crippen LogP contribution in [-0.4, -0.2) is 0 Å². The van der Waals surface area contributed by atoms with E-state index < -0.39 is 5.41 Å². The van der Waals surface area contributed by atoms with Gasteiger partial charge in [0.05, 0.1) is 11.5 Å².